The van der Waals surface area contributed by atoms with Gasteiger partial charge in [0.15, 0.2) is 11.5 Å². The molecule has 0 radical (unpaired) electrons. The van der Waals surface area contributed by atoms with Crippen LogP contribution in [0.4, 0.5) is 0 Å². The van der Waals surface area contributed by atoms with E-state index in [1.807, 2.05) is 53.1 Å². The summed E-state index contributed by atoms with van der Waals surface area (Å²) in [6, 6.07) is 13.3. The fourth-order valence-electron chi connectivity index (χ4n) is 3.53. The van der Waals surface area contributed by atoms with Gasteiger partial charge in [-0.3, -0.25) is 9.20 Å². The zero-order valence-corrected chi connectivity index (χ0v) is 16.9. The molecule has 148 valence electrons. The van der Waals surface area contributed by atoms with Crippen molar-refractivity contribution in [3.63, 3.8) is 0 Å². The molecule has 1 amide bonds. The van der Waals surface area contributed by atoms with Gasteiger partial charge in [-0.1, -0.05) is 51.5 Å². The molecule has 3 aromatic rings. The number of nitrogens with zero attached hydrogens (tertiary/aromatic N) is 3. The van der Waals surface area contributed by atoms with Crippen LogP contribution in [0.25, 0.3) is 5.65 Å². The molecule has 0 spiro atoms. The molecule has 2 heterocycles. The molecule has 28 heavy (non-hydrogen) atoms. The van der Waals surface area contributed by atoms with E-state index in [9.17, 15) is 4.79 Å². The molecule has 1 aromatic carbocycles. The van der Waals surface area contributed by atoms with Gasteiger partial charge >= 0.3 is 0 Å². The van der Waals surface area contributed by atoms with Crippen molar-refractivity contribution in [1.82, 2.24) is 19.9 Å². The van der Waals surface area contributed by atoms with E-state index in [1.54, 1.807) is 7.11 Å². The van der Waals surface area contributed by atoms with Gasteiger partial charge in [0.25, 0.3) is 0 Å². The Morgan fingerprint density at radius 3 is 2.61 bits per heavy atom. The van der Waals surface area contributed by atoms with Gasteiger partial charge in [0.2, 0.25) is 5.91 Å². The van der Waals surface area contributed by atoms with E-state index in [4.69, 9.17) is 4.74 Å². The number of amides is 1. The van der Waals surface area contributed by atoms with Gasteiger partial charge in [0.05, 0.1) is 19.1 Å². The lowest BCUT2D eigenvalue weighted by Crippen LogP contribution is -2.36. The summed E-state index contributed by atoms with van der Waals surface area (Å²) in [6.45, 7) is 6.24. The average molecular weight is 380 g/mol. The first-order valence-corrected chi connectivity index (χ1v) is 9.79. The van der Waals surface area contributed by atoms with Crippen LogP contribution in [-0.2, 0) is 4.79 Å². The maximum atomic E-state index is 13.3. The first kappa shape index (κ1) is 19.9. The molecule has 0 saturated heterocycles. The van der Waals surface area contributed by atoms with Crippen LogP contribution < -0.4 is 10.1 Å². The normalized spacial score (nSPS) is 13.5. The zero-order chi connectivity index (χ0) is 20.1. The first-order valence-electron chi connectivity index (χ1n) is 9.79. The second kappa shape index (κ2) is 8.87. The number of carbonyl (C=O) groups excluding carboxylic acids is 1. The molecule has 6 nitrogen and oxygen atoms in total. The van der Waals surface area contributed by atoms with E-state index < -0.39 is 0 Å². The number of para-hydroxylation sites is 1. The Morgan fingerprint density at radius 2 is 1.89 bits per heavy atom. The lowest BCUT2D eigenvalue weighted by Gasteiger charge is -2.25. The van der Waals surface area contributed by atoms with Crippen molar-refractivity contribution >= 4 is 11.6 Å². The third-order valence-electron chi connectivity index (χ3n) is 4.99. The zero-order valence-electron chi connectivity index (χ0n) is 16.9. The van der Waals surface area contributed by atoms with Crippen molar-refractivity contribution in [2.45, 2.75) is 45.6 Å². The van der Waals surface area contributed by atoms with Gasteiger partial charge in [0, 0.05) is 11.8 Å². The molecule has 2 aromatic heterocycles. The number of fused-ring (bicyclic) bond motifs is 1. The van der Waals surface area contributed by atoms with Crippen LogP contribution in [0.3, 0.4) is 0 Å². The third-order valence-corrected chi connectivity index (χ3v) is 4.99. The van der Waals surface area contributed by atoms with Gasteiger partial charge in [-0.05, 0) is 30.5 Å². The van der Waals surface area contributed by atoms with E-state index >= 15 is 0 Å². The molecule has 0 aliphatic heterocycles. The average Bonchev–Trinajstić information content (AvgIpc) is 3.13. The van der Waals surface area contributed by atoms with Crippen LogP contribution in [0.2, 0.25) is 0 Å². The number of aromatic nitrogens is 3. The minimum Gasteiger partial charge on any atom is -0.496 e. The molecule has 0 bridgehead atoms. The monoisotopic (exact) mass is 380 g/mol. The van der Waals surface area contributed by atoms with Crippen LogP contribution in [0, 0.1) is 5.92 Å². The van der Waals surface area contributed by atoms with Crippen molar-refractivity contribution < 1.29 is 9.53 Å². The lowest BCUT2D eigenvalue weighted by atomic mass is 9.91. The summed E-state index contributed by atoms with van der Waals surface area (Å²) in [5.74, 6) is 1.36. The molecule has 0 aliphatic carbocycles. The topological polar surface area (TPSA) is 68.5 Å². The van der Waals surface area contributed by atoms with Crippen molar-refractivity contribution in [2.75, 3.05) is 7.11 Å². The van der Waals surface area contributed by atoms with E-state index in [1.165, 1.54) is 0 Å². The minimum absolute atomic E-state index is 0.0160. The Kier molecular flexibility index (Phi) is 6.29. The molecule has 2 atom stereocenters. The van der Waals surface area contributed by atoms with Gasteiger partial charge < -0.3 is 10.1 Å². The Bertz CT molecular complexity index is 935. The van der Waals surface area contributed by atoms with E-state index in [2.05, 4.69) is 36.3 Å². The summed E-state index contributed by atoms with van der Waals surface area (Å²) in [5, 5.41) is 11.8. The van der Waals surface area contributed by atoms with E-state index in [-0.39, 0.29) is 23.8 Å². The summed E-state index contributed by atoms with van der Waals surface area (Å²) >= 11 is 0. The first-order chi connectivity index (χ1) is 13.6. The summed E-state index contributed by atoms with van der Waals surface area (Å²) in [6.07, 6.45) is 3.57. The van der Waals surface area contributed by atoms with Gasteiger partial charge in [-0.25, -0.2) is 0 Å². The van der Waals surface area contributed by atoms with Crippen LogP contribution in [0.5, 0.6) is 5.75 Å². The summed E-state index contributed by atoms with van der Waals surface area (Å²) < 4.78 is 7.43. The summed E-state index contributed by atoms with van der Waals surface area (Å²) in [7, 11) is 1.64. The molecule has 1 N–H and O–H groups in total. The Balaban J connectivity index is 1.92. The predicted molar refractivity (Wildman–Crippen MR) is 109 cm³/mol. The molecule has 0 fully saturated rings. The fraction of sp³-hybridized carbons (Fsp3) is 0.409. The van der Waals surface area contributed by atoms with Gasteiger partial charge in [-0.15, -0.1) is 10.2 Å². The smallest absolute Gasteiger partial charge is 0.228 e. The third kappa shape index (κ3) is 4.01. The molecule has 1 unspecified atom stereocenters. The van der Waals surface area contributed by atoms with Crippen LogP contribution in [0.15, 0.2) is 48.7 Å². The van der Waals surface area contributed by atoms with E-state index in [0.717, 1.165) is 35.6 Å². The number of methoxy groups -OCH3 is 1. The van der Waals surface area contributed by atoms with Crippen LogP contribution in [-0.4, -0.2) is 27.6 Å². The highest BCUT2D eigenvalue weighted by Gasteiger charge is 2.29. The Hall–Kier alpha value is -2.89. The van der Waals surface area contributed by atoms with Crippen molar-refractivity contribution in [3.8, 4) is 5.75 Å². The molecular weight excluding hydrogens is 352 g/mol. The molecule has 3 rings (SSSR count). The highest BCUT2D eigenvalue weighted by molar-refractivity contribution is 5.84. The lowest BCUT2D eigenvalue weighted by molar-refractivity contribution is -0.124. The maximum Gasteiger partial charge on any atom is 0.228 e. The molecular formula is C22H28N4O2. The summed E-state index contributed by atoms with van der Waals surface area (Å²) in [5.41, 5.74) is 1.69. The molecule has 6 heteroatoms. The number of carbonyl (C=O) groups is 1. The SMILES string of the molecule is CCCC(C(=O)N[C@H](c1nnc2ccccn12)C(C)C)c1ccccc1OC. The summed E-state index contributed by atoms with van der Waals surface area (Å²) in [4.78, 5) is 13.3. The number of ether oxygens (including phenoxy) is 1. The predicted octanol–water partition coefficient (Wildman–Crippen LogP) is 4.14. The number of benzene rings is 1. The van der Waals surface area contributed by atoms with Crippen molar-refractivity contribution in [2.24, 2.45) is 5.92 Å². The van der Waals surface area contributed by atoms with Gasteiger partial charge in [-0.2, -0.15) is 0 Å². The molecule has 0 saturated carbocycles. The standard InChI is InChI=1S/C22H28N4O2/c1-5-10-17(16-11-6-7-12-18(16)28-4)22(27)23-20(15(2)3)21-25-24-19-13-8-9-14-26(19)21/h6-9,11-15,17,20H,5,10H2,1-4H3,(H,23,27)/t17?,20-/m0/s1. The Morgan fingerprint density at radius 1 is 1.14 bits per heavy atom. The van der Waals surface area contributed by atoms with Crippen molar-refractivity contribution in [1.29, 1.82) is 0 Å². The van der Waals surface area contributed by atoms with Crippen molar-refractivity contribution in [3.05, 3.63) is 60.0 Å². The Labute approximate surface area is 165 Å². The largest absolute Gasteiger partial charge is 0.496 e. The maximum absolute atomic E-state index is 13.3. The van der Waals surface area contributed by atoms with Crippen LogP contribution >= 0.6 is 0 Å². The fourth-order valence-corrected chi connectivity index (χ4v) is 3.53. The number of hydrogen-bond donors (Lipinski definition) is 1. The highest BCUT2D eigenvalue weighted by Crippen LogP contribution is 2.31. The number of rotatable bonds is 8. The number of nitrogens with one attached hydrogen (secondary N) is 1. The van der Waals surface area contributed by atoms with E-state index in [0.29, 0.717) is 0 Å². The number of hydrogen-bond acceptors (Lipinski definition) is 4. The highest BCUT2D eigenvalue weighted by atomic mass is 16.5. The van der Waals surface area contributed by atoms with Gasteiger partial charge in [0.1, 0.15) is 5.75 Å². The minimum atomic E-state index is -0.276. The quantitative estimate of drug-likeness (QED) is 0.638. The van der Waals surface area contributed by atoms with Crippen LogP contribution in [0.1, 0.15) is 57.0 Å². The molecule has 0 aliphatic rings. The number of pyridine rings is 1. The second-order valence-electron chi connectivity index (χ2n) is 7.30. The second-order valence-corrected chi connectivity index (χ2v) is 7.30.